The van der Waals surface area contributed by atoms with Crippen LogP contribution < -0.4 is 16.0 Å². The highest BCUT2D eigenvalue weighted by Crippen LogP contribution is 2.34. The van der Waals surface area contributed by atoms with Crippen molar-refractivity contribution < 1.29 is 27.5 Å². The van der Waals surface area contributed by atoms with Crippen LogP contribution in [0.1, 0.15) is 47.6 Å². The minimum absolute atomic E-state index is 0.158. The molecule has 0 radical (unpaired) electrons. The van der Waals surface area contributed by atoms with Gasteiger partial charge in [0, 0.05) is 69.0 Å². The lowest BCUT2D eigenvalue weighted by Gasteiger charge is -2.46. The molecule has 10 nitrogen and oxygen atoms in total. The summed E-state index contributed by atoms with van der Waals surface area (Å²) in [5.74, 6) is -1.06. The summed E-state index contributed by atoms with van der Waals surface area (Å²) in [6, 6.07) is 5.97. The molecule has 13 heteroatoms. The van der Waals surface area contributed by atoms with E-state index < -0.39 is 29.1 Å². The van der Waals surface area contributed by atoms with Crippen molar-refractivity contribution in [3.8, 4) is 0 Å². The molecule has 0 saturated carbocycles. The van der Waals surface area contributed by atoms with E-state index >= 15 is 0 Å². The molecular weight excluding hydrogens is 563 g/mol. The first-order chi connectivity index (χ1) is 20.5. The van der Waals surface area contributed by atoms with E-state index in [1.807, 2.05) is 37.0 Å². The van der Waals surface area contributed by atoms with E-state index in [9.17, 15) is 22.8 Å². The zero-order valence-electron chi connectivity index (χ0n) is 24.8. The molecule has 0 bridgehead atoms. The molecule has 2 atom stereocenters. The zero-order chi connectivity index (χ0) is 31.2. The molecule has 1 unspecified atom stereocenters. The number of amides is 2. The number of aryl methyl sites for hydroxylation is 1. The molecule has 2 aliphatic heterocycles. The van der Waals surface area contributed by atoms with Crippen LogP contribution in [-0.4, -0.2) is 84.0 Å². The number of likely N-dealkylation sites (N-methyl/N-ethyl adjacent to an activating group) is 1. The molecule has 0 spiro atoms. The SMILES string of the molecule is CCOC1(c2cccnc2)C=CC(N2CCN(C(=O)c3ccc(C)nc3C(F)(F)F)C[C@H]2CC)=C(C(=O)NCCNC)N1. The lowest BCUT2D eigenvalue weighted by atomic mass is 9.97. The van der Waals surface area contributed by atoms with E-state index in [0.717, 1.165) is 0 Å². The maximum absolute atomic E-state index is 13.8. The van der Waals surface area contributed by atoms with Gasteiger partial charge in [0.05, 0.1) is 11.3 Å². The molecule has 1 fully saturated rings. The summed E-state index contributed by atoms with van der Waals surface area (Å²) < 4.78 is 47.4. The first-order valence-electron chi connectivity index (χ1n) is 14.3. The van der Waals surface area contributed by atoms with E-state index in [0.29, 0.717) is 43.9 Å². The van der Waals surface area contributed by atoms with Gasteiger partial charge in [-0.15, -0.1) is 0 Å². The summed E-state index contributed by atoms with van der Waals surface area (Å²) in [6.45, 7) is 7.18. The summed E-state index contributed by atoms with van der Waals surface area (Å²) in [5, 5.41) is 9.27. The molecule has 0 aromatic carbocycles. The average molecular weight is 602 g/mol. The number of allylic oxidation sites excluding steroid dienone is 1. The van der Waals surface area contributed by atoms with Crippen LogP contribution in [0.5, 0.6) is 0 Å². The Kier molecular flexibility index (Phi) is 10.1. The summed E-state index contributed by atoms with van der Waals surface area (Å²) >= 11 is 0. The van der Waals surface area contributed by atoms with Crippen molar-refractivity contribution in [1.82, 2.24) is 35.7 Å². The van der Waals surface area contributed by atoms with E-state index in [4.69, 9.17) is 4.74 Å². The van der Waals surface area contributed by atoms with Crippen LogP contribution in [0.15, 0.2) is 60.2 Å². The van der Waals surface area contributed by atoms with Gasteiger partial charge in [-0.3, -0.25) is 14.6 Å². The van der Waals surface area contributed by atoms with Crippen molar-refractivity contribution in [1.29, 1.82) is 0 Å². The summed E-state index contributed by atoms with van der Waals surface area (Å²) in [6.07, 6.45) is 2.81. The van der Waals surface area contributed by atoms with Crippen LogP contribution in [0.2, 0.25) is 0 Å². The van der Waals surface area contributed by atoms with E-state index in [1.54, 1.807) is 25.5 Å². The van der Waals surface area contributed by atoms with Crippen LogP contribution in [0, 0.1) is 6.92 Å². The van der Waals surface area contributed by atoms with Gasteiger partial charge in [-0.25, -0.2) is 4.98 Å². The highest BCUT2D eigenvalue weighted by atomic mass is 19.4. The summed E-state index contributed by atoms with van der Waals surface area (Å²) in [4.78, 5) is 38.3. The molecule has 3 N–H and O–H groups in total. The summed E-state index contributed by atoms with van der Waals surface area (Å²) in [7, 11) is 1.79. The minimum atomic E-state index is -4.76. The Morgan fingerprint density at radius 1 is 1.19 bits per heavy atom. The number of dihydropyridines is 1. The number of hydrogen-bond acceptors (Lipinski definition) is 8. The number of aromatic nitrogens is 2. The Morgan fingerprint density at radius 3 is 2.63 bits per heavy atom. The smallest absolute Gasteiger partial charge is 0.363 e. The molecular formula is C30H38F3N7O3. The fourth-order valence-electron chi connectivity index (χ4n) is 5.34. The number of halogens is 3. The Hall–Kier alpha value is -3.97. The van der Waals surface area contributed by atoms with Crippen LogP contribution in [0.4, 0.5) is 13.2 Å². The largest absolute Gasteiger partial charge is 0.434 e. The van der Waals surface area contributed by atoms with Crippen molar-refractivity contribution in [2.75, 3.05) is 46.4 Å². The predicted octanol–water partition coefficient (Wildman–Crippen LogP) is 2.94. The Bertz CT molecular complexity index is 1370. The first-order valence-corrected chi connectivity index (χ1v) is 14.3. The van der Waals surface area contributed by atoms with Crippen molar-refractivity contribution >= 4 is 11.8 Å². The lowest BCUT2D eigenvalue weighted by molar-refractivity contribution is -0.141. The molecule has 4 heterocycles. The normalized spacial score (nSPS) is 20.7. The third-order valence-electron chi connectivity index (χ3n) is 7.48. The summed E-state index contributed by atoms with van der Waals surface area (Å²) in [5.41, 5.74) is -1.01. The third kappa shape index (κ3) is 6.99. The number of pyridine rings is 2. The Balaban J connectivity index is 1.66. The lowest BCUT2D eigenvalue weighted by Crippen LogP contribution is -2.56. The molecule has 0 aliphatic carbocycles. The van der Waals surface area contributed by atoms with Crippen molar-refractivity contribution in [2.24, 2.45) is 0 Å². The van der Waals surface area contributed by atoms with Gasteiger partial charge in [0.25, 0.3) is 11.8 Å². The van der Waals surface area contributed by atoms with Crippen molar-refractivity contribution in [3.05, 3.63) is 82.7 Å². The third-order valence-corrected chi connectivity index (χ3v) is 7.48. The number of nitrogens with zero attached hydrogens (tertiary/aromatic N) is 4. The van der Waals surface area contributed by atoms with Gasteiger partial charge in [0.15, 0.2) is 11.4 Å². The van der Waals surface area contributed by atoms with Gasteiger partial charge in [-0.05, 0) is 57.7 Å². The molecule has 2 aliphatic rings. The van der Waals surface area contributed by atoms with Gasteiger partial charge in [-0.2, -0.15) is 13.2 Å². The van der Waals surface area contributed by atoms with Crippen LogP contribution in [0.25, 0.3) is 0 Å². The zero-order valence-corrected chi connectivity index (χ0v) is 24.8. The number of nitrogens with one attached hydrogen (secondary N) is 3. The molecule has 2 amide bonds. The number of piperazine rings is 1. The maximum atomic E-state index is 13.8. The number of carbonyl (C=O) groups excluding carboxylic acids is 2. The van der Waals surface area contributed by atoms with Gasteiger partial charge in [0.2, 0.25) is 0 Å². The van der Waals surface area contributed by atoms with E-state index in [1.165, 1.54) is 24.0 Å². The van der Waals surface area contributed by atoms with Gasteiger partial charge in [-0.1, -0.05) is 13.0 Å². The van der Waals surface area contributed by atoms with Crippen molar-refractivity contribution in [2.45, 2.75) is 45.1 Å². The van der Waals surface area contributed by atoms with Crippen LogP contribution >= 0.6 is 0 Å². The molecule has 232 valence electrons. The Morgan fingerprint density at radius 2 is 1.98 bits per heavy atom. The first kappa shape index (κ1) is 32.0. The highest BCUT2D eigenvalue weighted by molar-refractivity contribution is 5.96. The number of rotatable bonds is 10. The van der Waals surface area contributed by atoms with Crippen LogP contribution in [-0.2, 0) is 21.4 Å². The van der Waals surface area contributed by atoms with Crippen molar-refractivity contribution in [3.63, 3.8) is 0 Å². The number of alkyl halides is 3. The second-order valence-electron chi connectivity index (χ2n) is 10.3. The predicted molar refractivity (Wildman–Crippen MR) is 154 cm³/mol. The number of hydrogen-bond donors (Lipinski definition) is 3. The fourth-order valence-corrected chi connectivity index (χ4v) is 5.34. The number of carbonyl (C=O) groups is 2. The average Bonchev–Trinajstić information content (AvgIpc) is 3.00. The quantitative estimate of drug-likeness (QED) is 0.357. The van der Waals surface area contributed by atoms with Gasteiger partial charge >= 0.3 is 6.18 Å². The van der Waals surface area contributed by atoms with Crippen LogP contribution in [0.3, 0.4) is 0 Å². The minimum Gasteiger partial charge on any atom is -0.363 e. The monoisotopic (exact) mass is 601 g/mol. The second-order valence-corrected chi connectivity index (χ2v) is 10.3. The molecule has 2 aromatic rings. The standard InChI is InChI=1S/C30H38F3N7O3/c1-5-22-19-39(28(42)23-10-9-20(3)37-26(23)30(31,32)33)16-17-40(22)24-11-12-29(43-6-2,21-8-7-13-35-18-21)38-25(24)27(41)36-15-14-34-4/h7-13,18,22,34,38H,5-6,14-17,19H2,1-4H3,(H,36,41)/t22-,29?/m1/s1. The fraction of sp³-hybridized carbons (Fsp3) is 0.467. The highest BCUT2D eigenvalue weighted by Gasteiger charge is 2.42. The molecule has 4 rings (SSSR count). The topological polar surface area (TPSA) is 112 Å². The van der Waals surface area contributed by atoms with E-state index in [-0.39, 0.29) is 36.4 Å². The molecule has 2 aromatic heterocycles. The maximum Gasteiger partial charge on any atom is 0.434 e. The van der Waals surface area contributed by atoms with E-state index in [2.05, 4.69) is 25.9 Å². The van der Waals surface area contributed by atoms with Gasteiger partial charge in [0.1, 0.15) is 5.70 Å². The van der Waals surface area contributed by atoms with Gasteiger partial charge < -0.3 is 30.5 Å². The Labute approximate surface area is 249 Å². The number of ether oxygens (including phenoxy) is 1. The molecule has 1 saturated heterocycles. The second kappa shape index (κ2) is 13.6. The molecule has 43 heavy (non-hydrogen) atoms.